The van der Waals surface area contributed by atoms with Gasteiger partial charge in [-0.25, -0.2) is 0 Å². The smallest absolute Gasteiger partial charge is 0.0386 e. The van der Waals surface area contributed by atoms with Gasteiger partial charge in [-0.2, -0.15) is 0 Å². The van der Waals surface area contributed by atoms with Crippen LogP contribution in [-0.2, 0) is 0 Å². The van der Waals surface area contributed by atoms with E-state index in [1.165, 1.54) is 18.4 Å². The molecule has 0 spiro atoms. The lowest BCUT2D eigenvalue weighted by atomic mass is 10.1. The van der Waals surface area contributed by atoms with E-state index in [1.807, 2.05) is 6.21 Å². The van der Waals surface area contributed by atoms with E-state index in [0.717, 1.165) is 19.4 Å². The second kappa shape index (κ2) is 8.51. The Labute approximate surface area is 76.6 Å². The minimum atomic E-state index is 0.962. The van der Waals surface area contributed by atoms with Crippen LogP contribution in [0.5, 0.6) is 0 Å². The van der Waals surface area contributed by atoms with Crippen LogP contribution in [0.25, 0.3) is 0 Å². The summed E-state index contributed by atoms with van der Waals surface area (Å²) in [6, 6.07) is 0. The Morgan fingerprint density at radius 2 is 1.92 bits per heavy atom. The maximum absolute atomic E-state index is 4.32. The molecular formula is C11H21N. The van der Waals surface area contributed by atoms with Crippen LogP contribution in [0.1, 0.15) is 46.5 Å². The van der Waals surface area contributed by atoms with Crippen LogP contribution >= 0.6 is 0 Å². The third-order valence-electron chi connectivity index (χ3n) is 1.71. The molecule has 1 nitrogen and oxygen atoms in total. The number of allylic oxidation sites excluding steroid dienone is 2. The summed E-state index contributed by atoms with van der Waals surface area (Å²) < 4.78 is 0. The van der Waals surface area contributed by atoms with E-state index in [1.54, 1.807) is 0 Å². The van der Waals surface area contributed by atoms with E-state index in [9.17, 15) is 0 Å². The topological polar surface area (TPSA) is 12.4 Å². The van der Waals surface area contributed by atoms with E-state index in [0.29, 0.717) is 0 Å². The maximum atomic E-state index is 4.32. The van der Waals surface area contributed by atoms with Crippen molar-refractivity contribution in [3.63, 3.8) is 0 Å². The minimum absolute atomic E-state index is 0.962. The molecule has 0 N–H and O–H groups in total. The molecule has 0 unspecified atom stereocenters. The van der Waals surface area contributed by atoms with Crippen molar-refractivity contribution >= 4 is 6.21 Å². The van der Waals surface area contributed by atoms with Crippen molar-refractivity contribution in [1.29, 1.82) is 0 Å². The molecule has 0 rings (SSSR count). The molecule has 0 aromatic heterocycles. The van der Waals surface area contributed by atoms with Crippen LogP contribution < -0.4 is 0 Å². The molecule has 12 heavy (non-hydrogen) atoms. The fourth-order valence-electron chi connectivity index (χ4n) is 0.929. The van der Waals surface area contributed by atoms with Crippen LogP contribution in [-0.4, -0.2) is 12.8 Å². The molecule has 0 radical (unpaired) electrons. The molecule has 0 aliphatic carbocycles. The van der Waals surface area contributed by atoms with Crippen molar-refractivity contribution in [3.8, 4) is 0 Å². The van der Waals surface area contributed by atoms with Gasteiger partial charge in [0.25, 0.3) is 0 Å². The summed E-state index contributed by atoms with van der Waals surface area (Å²) in [5, 5.41) is 0. The third kappa shape index (κ3) is 6.14. The molecule has 0 aliphatic heterocycles. The Morgan fingerprint density at radius 3 is 2.42 bits per heavy atom. The molecule has 0 atom stereocenters. The lowest BCUT2D eigenvalue weighted by Gasteiger charge is -1.95. The van der Waals surface area contributed by atoms with Crippen LogP contribution in [0.15, 0.2) is 16.6 Å². The van der Waals surface area contributed by atoms with E-state index in [4.69, 9.17) is 0 Å². The Morgan fingerprint density at radius 1 is 1.17 bits per heavy atom. The second-order valence-corrected chi connectivity index (χ2v) is 2.96. The van der Waals surface area contributed by atoms with Crippen LogP contribution in [0.4, 0.5) is 0 Å². The summed E-state index contributed by atoms with van der Waals surface area (Å²) in [4.78, 5) is 4.32. The normalized spacial score (nSPS) is 12.8. The van der Waals surface area contributed by atoms with Crippen molar-refractivity contribution in [1.82, 2.24) is 0 Å². The highest BCUT2D eigenvalue weighted by Gasteiger charge is 1.86. The molecule has 0 amide bonds. The van der Waals surface area contributed by atoms with E-state index >= 15 is 0 Å². The Hall–Kier alpha value is -0.590. The Kier molecular flexibility index (Phi) is 8.09. The zero-order valence-corrected chi connectivity index (χ0v) is 8.64. The first-order valence-corrected chi connectivity index (χ1v) is 5.03. The fourth-order valence-corrected chi connectivity index (χ4v) is 0.929. The average Bonchev–Trinajstić information content (AvgIpc) is 2.11. The summed E-state index contributed by atoms with van der Waals surface area (Å²) in [7, 11) is 0. The lowest BCUT2D eigenvalue weighted by Crippen LogP contribution is -1.85. The molecule has 0 saturated heterocycles. The molecule has 0 aromatic carbocycles. The zero-order chi connectivity index (χ0) is 9.23. The maximum Gasteiger partial charge on any atom is 0.0386 e. The zero-order valence-electron chi connectivity index (χ0n) is 8.64. The predicted molar refractivity (Wildman–Crippen MR) is 56.9 cm³/mol. The average molecular weight is 167 g/mol. The number of hydrogen-bond acceptors (Lipinski definition) is 1. The third-order valence-corrected chi connectivity index (χ3v) is 1.71. The number of aliphatic imine (C=N–C) groups is 1. The van der Waals surface area contributed by atoms with Gasteiger partial charge in [-0.1, -0.05) is 33.3 Å². The highest BCUT2D eigenvalue weighted by molar-refractivity contribution is 5.78. The summed E-state index contributed by atoms with van der Waals surface area (Å²) in [6.07, 6.45) is 8.97. The van der Waals surface area contributed by atoms with E-state index in [-0.39, 0.29) is 0 Å². The van der Waals surface area contributed by atoms with Gasteiger partial charge < -0.3 is 0 Å². The van der Waals surface area contributed by atoms with Gasteiger partial charge in [0.15, 0.2) is 0 Å². The second-order valence-electron chi connectivity index (χ2n) is 2.96. The van der Waals surface area contributed by atoms with E-state index in [2.05, 4.69) is 31.8 Å². The molecule has 0 fully saturated rings. The molecular weight excluding hydrogens is 146 g/mol. The van der Waals surface area contributed by atoms with Gasteiger partial charge in [0.05, 0.1) is 0 Å². The monoisotopic (exact) mass is 167 g/mol. The van der Waals surface area contributed by atoms with Gasteiger partial charge in [-0.3, -0.25) is 4.99 Å². The largest absolute Gasteiger partial charge is 0.293 e. The summed E-state index contributed by atoms with van der Waals surface area (Å²) >= 11 is 0. The number of nitrogens with zero attached hydrogens (tertiary/aromatic N) is 1. The van der Waals surface area contributed by atoms with Crippen molar-refractivity contribution in [2.24, 2.45) is 4.99 Å². The van der Waals surface area contributed by atoms with Crippen molar-refractivity contribution in [2.75, 3.05) is 6.54 Å². The SMILES string of the molecule is CCCC=C(C=NCCC)CC. The summed E-state index contributed by atoms with van der Waals surface area (Å²) in [5.74, 6) is 0. The first-order chi connectivity index (χ1) is 5.85. The quantitative estimate of drug-likeness (QED) is 0.536. The minimum Gasteiger partial charge on any atom is -0.293 e. The van der Waals surface area contributed by atoms with Crippen molar-refractivity contribution in [2.45, 2.75) is 46.5 Å². The highest BCUT2D eigenvalue weighted by atomic mass is 14.7. The molecule has 0 aromatic rings. The summed E-state index contributed by atoms with van der Waals surface area (Å²) in [6.45, 7) is 7.49. The number of hydrogen-bond donors (Lipinski definition) is 0. The van der Waals surface area contributed by atoms with Gasteiger partial charge in [0.1, 0.15) is 0 Å². The molecule has 0 aliphatic rings. The lowest BCUT2D eigenvalue weighted by molar-refractivity contribution is 0.929. The Bertz CT molecular complexity index is 145. The van der Waals surface area contributed by atoms with Crippen LogP contribution in [0.2, 0.25) is 0 Å². The van der Waals surface area contributed by atoms with Gasteiger partial charge in [0, 0.05) is 12.8 Å². The first kappa shape index (κ1) is 11.4. The summed E-state index contributed by atoms with van der Waals surface area (Å²) in [5.41, 5.74) is 1.38. The molecule has 70 valence electrons. The van der Waals surface area contributed by atoms with Crippen molar-refractivity contribution < 1.29 is 0 Å². The molecule has 1 heteroatoms. The van der Waals surface area contributed by atoms with E-state index < -0.39 is 0 Å². The number of unbranched alkanes of at least 4 members (excludes halogenated alkanes) is 1. The molecule has 0 bridgehead atoms. The predicted octanol–water partition coefficient (Wildman–Crippen LogP) is 3.60. The Balaban J connectivity index is 3.80. The van der Waals surface area contributed by atoms with Crippen LogP contribution in [0, 0.1) is 0 Å². The van der Waals surface area contributed by atoms with Crippen LogP contribution in [0.3, 0.4) is 0 Å². The molecule has 0 heterocycles. The molecule has 0 saturated carbocycles. The standard InChI is InChI=1S/C11H21N/c1-4-7-8-11(6-3)10-12-9-5-2/h8,10H,4-7,9H2,1-3H3. The fraction of sp³-hybridized carbons (Fsp3) is 0.727. The number of rotatable bonds is 6. The van der Waals surface area contributed by atoms with Gasteiger partial charge in [-0.05, 0) is 24.8 Å². The van der Waals surface area contributed by atoms with Gasteiger partial charge in [-0.15, -0.1) is 0 Å². The first-order valence-electron chi connectivity index (χ1n) is 5.03. The van der Waals surface area contributed by atoms with Gasteiger partial charge >= 0.3 is 0 Å². The van der Waals surface area contributed by atoms with Gasteiger partial charge in [0.2, 0.25) is 0 Å². The highest BCUT2D eigenvalue weighted by Crippen LogP contribution is 2.01. The van der Waals surface area contributed by atoms with Crippen molar-refractivity contribution in [3.05, 3.63) is 11.6 Å².